The van der Waals surface area contributed by atoms with Gasteiger partial charge >= 0.3 is 24.1 Å². The molecule has 0 spiro atoms. The van der Waals surface area contributed by atoms with E-state index in [1.807, 2.05) is 56.3 Å². The van der Waals surface area contributed by atoms with Gasteiger partial charge in [0.2, 0.25) is 6.79 Å². The molecule has 49 heavy (non-hydrogen) atoms. The van der Waals surface area contributed by atoms with Crippen LogP contribution in [0.1, 0.15) is 105 Å². The quantitative estimate of drug-likeness (QED) is 0.0811. The number of esters is 2. The van der Waals surface area contributed by atoms with Gasteiger partial charge in [0.15, 0.2) is 0 Å². The van der Waals surface area contributed by atoms with E-state index in [1.165, 1.54) is 0 Å². The summed E-state index contributed by atoms with van der Waals surface area (Å²) >= 11 is 0. The zero-order chi connectivity index (χ0) is 36.6. The number of aryl methyl sites for hydroxylation is 1. The minimum absolute atomic E-state index is 0.0838. The third-order valence-corrected chi connectivity index (χ3v) is 7.38. The van der Waals surface area contributed by atoms with Crippen molar-refractivity contribution >= 4 is 41.1 Å². The molecule has 1 atom stereocenters. The van der Waals surface area contributed by atoms with Crippen molar-refractivity contribution in [3.63, 3.8) is 0 Å². The lowest BCUT2D eigenvalue weighted by Crippen LogP contribution is -2.33. The molecule has 0 bridgehead atoms. The van der Waals surface area contributed by atoms with Gasteiger partial charge in [0.25, 0.3) is 0 Å². The van der Waals surface area contributed by atoms with E-state index in [1.54, 1.807) is 20.8 Å². The first-order valence-electron chi connectivity index (χ1n) is 17.4. The maximum Gasteiger partial charge on any atom is 0.407 e. The van der Waals surface area contributed by atoms with E-state index in [0.29, 0.717) is 49.0 Å². The molecule has 0 heterocycles. The maximum atomic E-state index is 13.2. The molecule has 0 aliphatic carbocycles. The summed E-state index contributed by atoms with van der Waals surface area (Å²) in [6, 6.07) is 13.2. The van der Waals surface area contributed by atoms with E-state index >= 15 is 0 Å². The summed E-state index contributed by atoms with van der Waals surface area (Å²) in [5.41, 5.74) is 3.67. The van der Waals surface area contributed by atoms with Crippen LogP contribution in [0.4, 0.5) is 26.7 Å². The molecule has 2 rings (SSSR count). The number of rotatable bonds is 18. The van der Waals surface area contributed by atoms with Gasteiger partial charge in [-0.2, -0.15) is 0 Å². The Bertz CT molecular complexity index is 1340. The summed E-state index contributed by atoms with van der Waals surface area (Å²) < 4.78 is 15.5. The van der Waals surface area contributed by atoms with Crippen LogP contribution in [-0.2, 0) is 23.8 Å². The molecule has 3 N–H and O–H groups in total. The Morgan fingerprint density at radius 3 is 2.06 bits per heavy atom. The van der Waals surface area contributed by atoms with Crippen molar-refractivity contribution in [2.45, 2.75) is 106 Å². The fraction of sp³-hybridized carbons (Fsp3) is 0.579. The first-order chi connectivity index (χ1) is 23.1. The number of hydrogen-bond donors (Lipinski definition) is 3. The van der Waals surface area contributed by atoms with Gasteiger partial charge in [0.1, 0.15) is 5.60 Å². The van der Waals surface area contributed by atoms with Gasteiger partial charge in [-0.25, -0.2) is 9.59 Å². The molecular weight excluding hydrogens is 624 g/mol. The molecule has 0 radical (unpaired) electrons. The van der Waals surface area contributed by atoms with E-state index in [0.717, 1.165) is 29.9 Å². The molecule has 0 aliphatic rings. The normalized spacial score (nSPS) is 11.9. The third kappa shape index (κ3) is 16.6. The van der Waals surface area contributed by atoms with Gasteiger partial charge in [0.05, 0.1) is 17.8 Å². The van der Waals surface area contributed by atoms with E-state index in [4.69, 9.17) is 14.2 Å². The summed E-state index contributed by atoms with van der Waals surface area (Å²) in [5.74, 6) is -0.348. The first-order valence-corrected chi connectivity index (χ1v) is 17.4. The van der Waals surface area contributed by atoms with Gasteiger partial charge in [-0.15, -0.1) is 0 Å². The average Bonchev–Trinajstić information content (AvgIpc) is 2.99. The highest BCUT2D eigenvalue weighted by Gasteiger charge is 2.21. The highest BCUT2D eigenvalue weighted by Crippen LogP contribution is 2.34. The summed E-state index contributed by atoms with van der Waals surface area (Å²) in [6.07, 6.45) is 1.45. The molecule has 0 aliphatic heterocycles. The van der Waals surface area contributed by atoms with Gasteiger partial charge in [0, 0.05) is 31.7 Å². The number of anilines is 3. The monoisotopic (exact) mass is 682 g/mol. The fourth-order valence-electron chi connectivity index (χ4n) is 5.15. The minimum atomic E-state index is -0.574. The Labute approximate surface area is 292 Å². The fourth-order valence-corrected chi connectivity index (χ4v) is 5.15. The Morgan fingerprint density at radius 2 is 1.47 bits per heavy atom. The smallest absolute Gasteiger partial charge is 0.407 e. The number of benzene rings is 2. The number of ether oxygens (including phenoxy) is 3. The average molecular weight is 683 g/mol. The van der Waals surface area contributed by atoms with E-state index in [-0.39, 0.29) is 24.8 Å². The summed E-state index contributed by atoms with van der Waals surface area (Å²) in [4.78, 5) is 52.1. The number of urea groups is 1. The van der Waals surface area contributed by atoms with Gasteiger partial charge in [-0.3, -0.25) is 9.59 Å². The van der Waals surface area contributed by atoms with Crippen molar-refractivity contribution in [1.82, 2.24) is 5.32 Å². The van der Waals surface area contributed by atoms with Crippen LogP contribution >= 0.6 is 0 Å². The zero-order valence-corrected chi connectivity index (χ0v) is 30.9. The lowest BCUT2D eigenvalue weighted by molar-refractivity contribution is -0.167. The second-order valence-corrected chi connectivity index (χ2v) is 14.3. The van der Waals surface area contributed by atoms with Crippen LogP contribution in [0.2, 0.25) is 0 Å². The number of hydrogen-bond acceptors (Lipinski definition) is 8. The first kappa shape index (κ1) is 40.9. The molecular formula is C38H58N4O7. The van der Waals surface area contributed by atoms with Crippen molar-refractivity contribution < 1.29 is 33.4 Å². The van der Waals surface area contributed by atoms with Crippen LogP contribution < -0.4 is 20.9 Å². The lowest BCUT2D eigenvalue weighted by atomic mass is 9.92. The summed E-state index contributed by atoms with van der Waals surface area (Å²) in [7, 11) is 0. The minimum Gasteiger partial charge on any atom is -0.444 e. The number of carbonyl (C=O) groups is 4. The second kappa shape index (κ2) is 20.3. The van der Waals surface area contributed by atoms with Crippen LogP contribution in [-0.4, -0.2) is 56.1 Å². The highest BCUT2D eigenvalue weighted by atomic mass is 16.7. The van der Waals surface area contributed by atoms with Crippen LogP contribution in [0.5, 0.6) is 0 Å². The molecule has 272 valence electrons. The molecule has 0 saturated heterocycles. The highest BCUT2D eigenvalue weighted by molar-refractivity contribution is 6.02. The molecule has 0 saturated carbocycles. The second-order valence-electron chi connectivity index (χ2n) is 14.3. The number of unbranched alkanes of at least 4 members (excludes halogenated alkanes) is 1. The van der Waals surface area contributed by atoms with Crippen LogP contribution in [0.25, 0.3) is 0 Å². The van der Waals surface area contributed by atoms with Crippen molar-refractivity contribution in [1.29, 1.82) is 0 Å². The van der Waals surface area contributed by atoms with E-state index in [2.05, 4.69) is 48.5 Å². The van der Waals surface area contributed by atoms with Crippen LogP contribution in [0, 0.1) is 18.8 Å². The number of carbonyl (C=O) groups excluding carboxylic acids is 4. The van der Waals surface area contributed by atoms with Crippen molar-refractivity contribution in [3.05, 3.63) is 53.6 Å². The molecule has 0 fully saturated rings. The molecule has 11 heteroatoms. The molecule has 0 aromatic heterocycles. The predicted molar refractivity (Wildman–Crippen MR) is 195 cm³/mol. The van der Waals surface area contributed by atoms with Crippen molar-refractivity contribution in [3.8, 4) is 0 Å². The Balaban J connectivity index is 2.02. The van der Waals surface area contributed by atoms with Crippen molar-refractivity contribution in [2.24, 2.45) is 11.8 Å². The molecule has 1 unspecified atom stereocenters. The van der Waals surface area contributed by atoms with Gasteiger partial charge in [-0.1, -0.05) is 58.4 Å². The maximum absolute atomic E-state index is 13.2. The van der Waals surface area contributed by atoms with E-state index < -0.39 is 30.4 Å². The zero-order valence-electron chi connectivity index (χ0n) is 30.9. The van der Waals surface area contributed by atoms with E-state index in [9.17, 15) is 19.2 Å². The molecule has 2 aromatic rings. The Morgan fingerprint density at radius 1 is 0.837 bits per heavy atom. The number of nitrogens with zero attached hydrogens (tertiary/aromatic N) is 1. The van der Waals surface area contributed by atoms with Crippen LogP contribution in [0.3, 0.4) is 0 Å². The van der Waals surface area contributed by atoms with Gasteiger partial charge < -0.3 is 35.1 Å². The van der Waals surface area contributed by atoms with Crippen LogP contribution in [0.15, 0.2) is 42.5 Å². The number of alkyl carbamates (subject to hydrolysis) is 1. The Hall–Kier alpha value is -4.28. The molecule has 2 aromatic carbocycles. The predicted octanol–water partition coefficient (Wildman–Crippen LogP) is 8.38. The van der Waals surface area contributed by atoms with Gasteiger partial charge in [-0.05, 0) is 94.5 Å². The lowest BCUT2D eigenvalue weighted by Gasteiger charge is -2.31. The Kier molecular flexibility index (Phi) is 16.9. The summed E-state index contributed by atoms with van der Waals surface area (Å²) in [6.45, 7) is 19.6. The molecule has 3 amide bonds. The number of nitrogens with one attached hydrogen (secondary N) is 3. The largest absolute Gasteiger partial charge is 0.444 e. The number of amides is 3. The summed E-state index contributed by atoms with van der Waals surface area (Å²) in [5, 5.41) is 8.63. The standard InChI is InChI=1S/C38H58N4O7/c1-10-29(22-35(44)48-25-47-34(43)13-11-12-20-39-37(46)49-38(7,8)9)30-16-19-33(42(23-26(2)3)24-27(4)5)32(21-30)41-36(45)40-31-17-14-28(6)15-18-31/h14-19,21,26-27,29H,10-13,20,22-25H2,1-9H3,(H,39,46)(H2,40,41,45). The van der Waals surface area contributed by atoms with Crippen molar-refractivity contribution in [2.75, 3.05) is 42.0 Å². The SMILES string of the molecule is CCC(CC(=O)OCOC(=O)CCCCNC(=O)OC(C)(C)C)c1ccc(N(CC(C)C)CC(C)C)c(NC(=O)Nc2ccc(C)cc2)c1. The molecule has 11 nitrogen and oxygen atoms in total. The topological polar surface area (TPSA) is 135 Å². The third-order valence-electron chi connectivity index (χ3n) is 7.38.